The Morgan fingerprint density at radius 1 is 1.16 bits per heavy atom. The van der Waals surface area contributed by atoms with Crippen molar-refractivity contribution in [2.45, 2.75) is 38.4 Å². The maximum Gasteiger partial charge on any atom is 0.142 e. The van der Waals surface area contributed by atoms with Gasteiger partial charge in [0.2, 0.25) is 0 Å². The topological polar surface area (TPSA) is 45.2 Å². The quantitative estimate of drug-likeness (QED) is 0.820. The molecule has 0 spiro atoms. The lowest BCUT2D eigenvalue weighted by Crippen LogP contribution is -2.49. The average molecular weight is 348 g/mol. The lowest BCUT2D eigenvalue weighted by molar-refractivity contribution is -0.0321. The molecule has 3 unspecified atom stereocenters. The molecule has 1 saturated heterocycles. The van der Waals surface area contributed by atoms with Gasteiger partial charge in [0.1, 0.15) is 5.75 Å². The molecule has 140 valence electrons. The van der Waals surface area contributed by atoms with Gasteiger partial charge in [-0.3, -0.25) is 4.90 Å². The van der Waals surface area contributed by atoms with Gasteiger partial charge in [0.25, 0.3) is 0 Å². The van der Waals surface area contributed by atoms with Gasteiger partial charge in [0.15, 0.2) is 0 Å². The standard InChI is InChI=1S/C20H32N2O3/c1-16-6-5-9-19(16)25-15-17(23)14-21-10-12-22(13-11-21)18-7-3-4-8-20(18)24-2/h3-4,7-8,16-17,19,23H,5-6,9-15H2,1-2H3. The number of aliphatic hydroxyl groups is 1. The lowest BCUT2D eigenvalue weighted by atomic mass is 10.1. The molecule has 0 aromatic heterocycles. The summed E-state index contributed by atoms with van der Waals surface area (Å²) in [5.74, 6) is 1.56. The molecule has 1 heterocycles. The molecule has 5 heteroatoms. The van der Waals surface area contributed by atoms with Gasteiger partial charge in [-0.15, -0.1) is 0 Å². The van der Waals surface area contributed by atoms with Crippen molar-refractivity contribution in [2.75, 3.05) is 51.3 Å². The molecule has 1 aliphatic heterocycles. The van der Waals surface area contributed by atoms with Gasteiger partial charge in [0.05, 0.1) is 31.6 Å². The van der Waals surface area contributed by atoms with Crippen LogP contribution >= 0.6 is 0 Å². The van der Waals surface area contributed by atoms with Crippen molar-refractivity contribution < 1.29 is 14.6 Å². The third kappa shape index (κ3) is 4.87. The largest absolute Gasteiger partial charge is 0.495 e. The van der Waals surface area contributed by atoms with Gasteiger partial charge >= 0.3 is 0 Å². The molecule has 0 bridgehead atoms. The molecule has 3 atom stereocenters. The van der Waals surface area contributed by atoms with E-state index in [2.05, 4.69) is 28.9 Å². The van der Waals surface area contributed by atoms with Gasteiger partial charge in [0, 0.05) is 32.7 Å². The third-order valence-corrected chi connectivity index (χ3v) is 5.55. The Balaban J connectivity index is 1.41. The van der Waals surface area contributed by atoms with E-state index < -0.39 is 6.10 Å². The molecule has 1 aliphatic carbocycles. The first-order chi connectivity index (χ1) is 12.2. The molecule has 1 saturated carbocycles. The highest BCUT2D eigenvalue weighted by molar-refractivity contribution is 5.58. The summed E-state index contributed by atoms with van der Waals surface area (Å²) >= 11 is 0. The van der Waals surface area contributed by atoms with Gasteiger partial charge < -0.3 is 19.5 Å². The summed E-state index contributed by atoms with van der Waals surface area (Å²) in [5, 5.41) is 10.3. The summed E-state index contributed by atoms with van der Waals surface area (Å²) in [7, 11) is 1.72. The second-order valence-corrected chi connectivity index (χ2v) is 7.39. The molecule has 2 aliphatic rings. The minimum atomic E-state index is -0.398. The second kappa shape index (κ2) is 8.88. The number of benzene rings is 1. The van der Waals surface area contributed by atoms with Crippen molar-refractivity contribution in [3.8, 4) is 5.75 Å². The van der Waals surface area contributed by atoms with Crippen LogP contribution in [0.25, 0.3) is 0 Å². The molecule has 3 rings (SSSR count). The lowest BCUT2D eigenvalue weighted by Gasteiger charge is -2.37. The Bertz CT molecular complexity index is 531. The van der Waals surface area contributed by atoms with Crippen molar-refractivity contribution in [1.29, 1.82) is 0 Å². The Morgan fingerprint density at radius 2 is 1.92 bits per heavy atom. The van der Waals surface area contributed by atoms with Crippen LogP contribution in [0, 0.1) is 5.92 Å². The first-order valence-electron chi connectivity index (χ1n) is 9.57. The predicted octanol–water partition coefficient (Wildman–Crippen LogP) is 2.38. The summed E-state index contributed by atoms with van der Waals surface area (Å²) < 4.78 is 11.4. The molecule has 2 fully saturated rings. The van der Waals surface area contributed by atoms with E-state index in [-0.39, 0.29) is 0 Å². The fraction of sp³-hybridized carbons (Fsp3) is 0.700. The Morgan fingerprint density at radius 3 is 2.60 bits per heavy atom. The number of β-amino-alcohol motifs (C(OH)–C–C–N with tert-alkyl or cyclic N) is 1. The van der Waals surface area contributed by atoms with E-state index in [0.29, 0.717) is 25.2 Å². The monoisotopic (exact) mass is 348 g/mol. The van der Waals surface area contributed by atoms with E-state index in [9.17, 15) is 5.11 Å². The van der Waals surface area contributed by atoms with Crippen molar-refractivity contribution in [3.05, 3.63) is 24.3 Å². The second-order valence-electron chi connectivity index (χ2n) is 7.39. The number of anilines is 1. The molecule has 1 aromatic carbocycles. The first kappa shape index (κ1) is 18.5. The van der Waals surface area contributed by atoms with E-state index in [4.69, 9.17) is 9.47 Å². The van der Waals surface area contributed by atoms with Crippen molar-refractivity contribution in [3.63, 3.8) is 0 Å². The average Bonchev–Trinajstić information content (AvgIpc) is 3.05. The van der Waals surface area contributed by atoms with Crippen molar-refractivity contribution >= 4 is 5.69 Å². The highest BCUT2D eigenvalue weighted by Crippen LogP contribution is 2.29. The summed E-state index contributed by atoms with van der Waals surface area (Å²) in [6, 6.07) is 8.17. The molecule has 0 radical (unpaired) electrons. The molecule has 1 aromatic rings. The number of piperazine rings is 1. The van der Waals surface area contributed by atoms with Crippen LogP contribution in [0.3, 0.4) is 0 Å². The minimum absolute atomic E-state index is 0.344. The number of para-hydroxylation sites is 2. The van der Waals surface area contributed by atoms with Crippen LogP contribution < -0.4 is 9.64 Å². The van der Waals surface area contributed by atoms with E-state index in [1.54, 1.807) is 7.11 Å². The third-order valence-electron chi connectivity index (χ3n) is 5.55. The van der Waals surface area contributed by atoms with E-state index >= 15 is 0 Å². The van der Waals surface area contributed by atoms with Crippen LogP contribution in [0.1, 0.15) is 26.2 Å². The number of hydrogen-bond acceptors (Lipinski definition) is 5. The summed E-state index contributed by atoms with van der Waals surface area (Å²) in [6.45, 7) is 7.22. The van der Waals surface area contributed by atoms with Crippen LogP contribution in [0.2, 0.25) is 0 Å². The van der Waals surface area contributed by atoms with E-state index in [1.807, 2.05) is 12.1 Å². The van der Waals surface area contributed by atoms with Gasteiger partial charge in [-0.05, 0) is 30.9 Å². The highest BCUT2D eigenvalue weighted by atomic mass is 16.5. The minimum Gasteiger partial charge on any atom is -0.495 e. The predicted molar refractivity (Wildman–Crippen MR) is 100 cm³/mol. The Labute approximate surface area is 151 Å². The zero-order valence-electron chi connectivity index (χ0n) is 15.6. The molecular formula is C20H32N2O3. The van der Waals surface area contributed by atoms with Crippen LogP contribution in [0.4, 0.5) is 5.69 Å². The van der Waals surface area contributed by atoms with Crippen LogP contribution in [-0.2, 0) is 4.74 Å². The smallest absolute Gasteiger partial charge is 0.142 e. The molecule has 5 nitrogen and oxygen atoms in total. The first-order valence-corrected chi connectivity index (χ1v) is 9.57. The molecule has 0 amide bonds. The van der Waals surface area contributed by atoms with Gasteiger partial charge in [-0.1, -0.05) is 25.5 Å². The van der Waals surface area contributed by atoms with Crippen molar-refractivity contribution in [2.24, 2.45) is 5.92 Å². The number of aliphatic hydroxyl groups excluding tert-OH is 1. The number of rotatable bonds is 7. The van der Waals surface area contributed by atoms with Crippen LogP contribution in [0.5, 0.6) is 5.75 Å². The fourth-order valence-corrected chi connectivity index (χ4v) is 4.01. The van der Waals surface area contributed by atoms with Crippen LogP contribution in [0.15, 0.2) is 24.3 Å². The zero-order chi connectivity index (χ0) is 17.6. The zero-order valence-corrected chi connectivity index (χ0v) is 15.6. The van der Waals surface area contributed by atoms with E-state index in [0.717, 1.165) is 44.0 Å². The van der Waals surface area contributed by atoms with Gasteiger partial charge in [-0.25, -0.2) is 0 Å². The number of ether oxygens (including phenoxy) is 2. The number of nitrogens with zero attached hydrogens (tertiary/aromatic N) is 2. The number of methoxy groups -OCH3 is 1. The maximum absolute atomic E-state index is 10.3. The molecule has 25 heavy (non-hydrogen) atoms. The Kier molecular flexibility index (Phi) is 6.57. The molecule has 1 N–H and O–H groups in total. The Hall–Kier alpha value is -1.30. The van der Waals surface area contributed by atoms with Gasteiger partial charge in [-0.2, -0.15) is 0 Å². The summed E-state index contributed by atoms with van der Waals surface area (Å²) in [5.41, 5.74) is 1.16. The van der Waals surface area contributed by atoms with Crippen molar-refractivity contribution in [1.82, 2.24) is 4.90 Å². The van der Waals surface area contributed by atoms with Crippen LogP contribution in [-0.4, -0.2) is 68.7 Å². The normalized spacial score (nSPS) is 26.0. The number of hydrogen-bond donors (Lipinski definition) is 1. The maximum atomic E-state index is 10.3. The fourth-order valence-electron chi connectivity index (χ4n) is 4.01. The summed E-state index contributed by atoms with van der Waals surface area (Å²) in [6.07, 6.45) is 3.60. The highest BCUT2D eigenvalue weighted by Gasteiger charge is 2.26. The summed E-state index contributed by atoms with van der Waals surface area (Å²) in [4.78, 5) is 4.69. The van der Waals surface area contributed by atoms with E-state index in [1.165, 1.54) is 12.8 Å². The SMILES string of the molecule is COc1ccccc1N1CCN(CC(O)COC2CCCC2C)CC1. The molecular weight excluding hydrogens is 316 g/mol.